The fourth-order valence-corrected chi connectivity index (χ4v) is 2.48. The molecule has 0 aliphatic carbocycles. The van der Waals surface area contributed by atoms with Gasteiger partial charge in [-0.3, -0.25) is 0 Å². The van der Waals surface area contributed by atoms with Crippen LogP contribution in [0.3, 0.4) is 0 Å². The number of benzene rings is 1. The van der Waals surface area contributed by atoms with E-state index in [4.69, 9.17) is 9.84 Å². The molecule has 1 N–H and O–H groups in total. The molecule has 0 amide bonds. The average Bonchev–Trinajstić information content (AvgIpc) is 2.85. The molecule has 0 aliphatic rings. The average molecular weight is 263 g/mol. The lowest BCUT2D eigenvalue weighted by Gasteiger charge is -2.04. The van der Waals surface area contributed by atoms with Crippen molar-refractivity contribution >= 4 is 11.3 Å². The van der Waals surface area contributed by atoms with Crippen molar-refractivity contribution in [3.63, 3.8) is 0 Å². The molecule has 0 radical (unpaired) electrons. The van der Waals surface area contributed by atoms with E-state index < -0.39 is 0 Å². The molecule has 0 spiro atoms. The molecule has 1 aromatic carbocycles. The van der Waals surface area contributed by atoms with Crippen molar-refractivity contribution in [3.05, 3.63) is 45.9 Å². The zero-order valence-electron chi connectivity index (χ0n) is 10.4. The molecular weight excluding hydrogens is 246 g/mol. The van der Waals surface area contributed by atoms with Gasteiger partial charge in [0.05, 0.1) is 17.3 Å². The van der Waals surface area contributed by atoms with E-state index in [-0.39, 0.29) is 6.61 Å². The zero-order chi connectivity index (χ0) is 12.8. The Morgan fingerprint density at radius 2 is 2.06 bits per heavy atom. The van der Waals surface area contributed by atoms with Crippen LogP contribution in [0.25, 0.3) is 0 Å². The van der Waals surface area contributed by atoms with Crippen molar-refractivity contribution in [2.75, 3.05) is 0 Å². The van der Waals surface area contributed by atoms with Crippen LogP contribution in [0.1, 0.15) is 29.6 Å². The summed E-state index contributed by atoms with van der Waals surface area (Å²) in [5.41, 5.74) is 1.87. The van der Waals surface area contributed by atoms with E-state index in [0.717, 1.165) is 29.8 Å². The van der Waals surface area contributed by atoms with Gasteiger partial charge in [-0.25, -0.2) is 4.98 Å². The molecule has 3 nitrogen and oxygen atoms in total. The molecule has 0 aliphatic heterocycles. The largest absolute Gasteiger partial charge is 0.487 e. The SMILES string of the molecule is CCCc1nc(COc2ccc(CO)cc2)cs1. The van der Waals surface area contributed by atoms with Gasteiger partial charge in [0.25, 0.3) is 0 Å². The van der Waals surface area contributed by atoms with Crippen LogP contribution in [0.2, 0.25) is 0 Å². The fourth-order valence-electron chi connectivity index (χ4n) is 1.59. The van der Waals surface area contributed by atoms with E-state index in [0.29, 0.717) is 6.61 Å². The van der Waals surface area contributed by atoms with Crippen LogP contribution in [0, 0.1) is 0 Å². The lowest BCUT2D eigenvalue weighted by molar-refractivity contribution is 0.280. The minimum Gasteiger partial charge on any atom is -0.487 e. The van der Waals surface area contributed by atoms with E-state index >= 15 is 0 Å². The highest BCUT2D eigenvalue weighted by Crippen LogP contribution is 2.16. The van der Waals surface area contributed by atoms with E-state index in [1.807, 2.05) is 29.6 Å². The quantitative estimate of drug-likeness (QED) is 0.870. The highest BCUT2D eigenvalue weighted by Gasteiger charge is 2.02. The van der Waals surface area contributed by atoms with Crippen LogP contribution in [0.4, 0.5) is 0 Å². The molecule has 0 saturated heterocycles. The molecule has 0 bridgehead atoms. The van der Waals surface area contributed by atoms with Gasteiger partial charge in [-0.05, 0) is 30.5 Å². The molecule has 0 saturated carbocycles. The maximum atomic E-state index is 8.94. The molecule has 2 rings (SSSR count). The second-order valence-electron chi connectivity index (χ2n) is 4.07. The third-order valence-corrected chi connectivity index (χ3v) is 3.51. The van der Waals surface area contributed by atoms with Gasteiger partial charge in [0, 0.05) is 5.38 Å². The summed E-state index contributed by atoms with van der Waals surface area (Å²) in [6.45, 7) is 2.71. The Kier molecular flexibility index (Phi) is 4.73. The van der Waals surface area contributed by atoms with Crippen molar-refractivity contribution in [2.24, 2.45) is 0 Å². The number of rotatable bonds is 6. The predicted octanol–water partition coefficient (Wildman–Crippen LogP) is 3.17. The number of hydrogen-bond donors (Lipinski definition) is 1. The van der Waals surface area contributed by atoms with Gasteiger partial charge in [0.2, 0.25) is 0 Å². The number of hydrogen-bond acceptors (Lipinski definition) is 4. The van der Waals surface area contributed by atoms with Gasteiger partial charge in [-0.1, -0.05) is 19.1 Å². The normalized spacial score (nSPS) is 10.6. The number of nitrogens with zero attached hydrogens (tertiary/aromatic N) is 1. The first-order valence-corrected chi connectivity index (χ1v) is 6.95. The van der Waals surface area contributed by atoms with E-state index in [1.54, 1.807) is 11.3 Å². The summed E-state index contributed by atoms with van der Waals surface area (Å²) >= 11 is 1.69. The fraction of sp³-hybridized carbons (Fsp3) is 0.357. The molecular formula is C14H17NO2S. The van der Waals surface area contributed by atoms with E-state index in [1.165, 1.54) is 5.01 Å². The van der Waals surface area contributed by atoms with Crippen LogP contribution in [0.15, 0.2) is 29.6 Å². The molecule has 2 aromatic rings. The van der Waals surface area contributed by atoms with Crippen LogP contribution in [-0.2, 0) is 19.6 Å². The number of thiazole rings is 1. The molecule has 0 atom stereocenters. The van der Waals surface area contributed by atoms with Gasteiger partial charge in [0.1, 0.15) is 12.4 Å². The molecule has 0 fully saturated rings. The summed E-state index contributed by atoms with van der Waals surface area (Å²) in [6, 6.07) is 7.45. The summed E-state index contributed by atoms with van der Waals surface area (Å²) in [7, 11) is 0. The third-order valence-electron chi connectivity index (χ3n) is 2.56. The van der Waals surface area contributed by atoms with E-state index in [9.17, 15) is 0 Å². The minimum atomic E-state index is 0.0622. The number of aromatic nitrogens is 1. The van der Waals surface area contributed by atoms with Crippen molar-refractivity contribution in [3.8, 4) is 5.75 Å². The molecule has 4 heteroatoms. The van der Waals surface area contributed by atoms with E-state index in [2.05, 4.69) is 11.9 Å². The second kappa shape index (κ2) is 6.52. The standard InChI is InChI=1S/C14H17NO2S/c1-2-3-14-15-12(10-18-14)9-17-13-6-4-11(8-16)5-7-13/h4-7,10,16H,2-3,8-9H2,1H3. The Morgan fingerprint density at radius 3 is 2.72 bits per heavy atom. The summed E-state index contributed by atoms with van der Waals surface area (Å²) in [5, 5.41) is 12.2. The smallest absolute Gasteiger partial charge is 0.131 e. The maximum Gasteiger partial charge on any atom is 0.131 e. The molecule has 0 unspecified atom stereocenters. The summed E-state index contributed by atoms with van der Waals surface area (Å²) in [6.07, 6.45) is 2.16. The van der Waals surface area contributed by atoms with Gasteiger partial charge < -0.3 is 9.84 Å². The van der Waals surface area contributed by atoms with Crippen molar-refractivity contribution < 1.29 is 9.84 Å². The Morgan fingerprint density at radius 1 is 1.28 bits per heavy atom. The Labute approximate surface area is 111 Å². The first kappa shape index (κ1) is 13.1. The Bertz CT molecular complexity index is 479. The van der Waals surface area contributed by atoms with Crippen molar-refractivity contribution in [1.82, 2.24) is 4.98 Å². The van der Waals surface area contributed by atoms with Crippen molar-refractivity contribution in [1.29, 1.82) is 0 Å². The van der Waals surface area contributed by atoms with Crippen molar-refractivity contribution in [2.45, 2.75) is 33.0 Å². The Balaban J connectivity index is 1.89. The van der Waals surface area contributed by atoms with Crippen LogP contribution >= 0.6 is 11.3 Å². The number of aliphatic hydroxyl groups is 1. The zero-order valence-corrected chi connectivity index (χ0v) is 11.2. The monoisotopic (exact) mass is 263 g/mol. The predicted molar refractivity (Wildman–Crippen MR) is 72.8 cm³/mol. The lowest BCUT2D eigenvalue weighted by atomic mass is 10.2. The first-order chi connectivity index (χ1) is 8.81. The summed E-state index contributed by atoms with van der Waals surface area (Å²) in [4.78, 5) is 4.50. The highest BCUT2D eigenvalue weighted by atomic mass is 32.1. The van der Waals surface area contributed by atoms with Crippen LogP contribution in [0.5, 0.6) is 5.75 Å². The maximum absolute atomic E-state index is 8.94. The number of aryl methyl sites for hydroxylation is 1. The third kappa shape index (κ3) is 3.55. The van der Waals surface area contributed by atoms with Gasteiger partial charge in [-0.15, -0.1) is 11.3 Å². The topological polar surface area (TPSA) is 42.4 Å². The summed E-state index contributed by atoms with van der Waals surface area (Å²) in [5.74, 6) is 0.803. The molecule has 96 valence electrons. The lowest BCUT2D eigenvalue weighted by Crippen LogP contribution is -1.96. The highest BCUT2D eigenvalue weighted by molar-refractivity contribution is 7.09. The Hall–Kier alpha value is -1.39. The van der Waals surface area contributed by atoms with Gasteiger partial charge in [-0.2, -0.15) is 0 Å². The van der Waals surface area contributed by atoms with Crippen LogP contribution in [-0.4, -0.2) is 10.1 Å². The first-order valence-electron chi connectivity index (χ1n) is 6.07. The van der Waals surface area contributed by atoms with Crippen LogP contribution < -0.4 is 4.74 Å². The van der Waals surface area contributed by atoms with Gasteiger partial charge >= 0.3 is 0 Å². The second-order valence-corrected chi connectivity index (χ2v) is 5.02. The molecule has 18 heavy (non-hydrogen) atoms. The number of aliphatic hydroxyl groups excluding tert-OH is 1. The molecule has 1 aromatic heterocycles. The number of ether oxygens (including phenoxy) is 1. The summed E-state index contributed by atoms with van der Waals surface area (Å²) < 4.78 is 5.65. The minimum absolute atomic E-state index is 0.0622. The van der Waals surface area contributed by atoms with Gasteiger partial charge in [0.15, 0.2) is 0 Å². The molecule has 1 heterocycles.